The van der Waals surface area contributed by atoms with Gasteiger partial charge in [0.05, 0.1) is 43.5 Å². The zero-order valence-electron chi connectivity index (χ0n) is 19.7. The highest BCUT2D eigenvalue weighted by Gasteiger charge is 2.21. The van der Waals surface area contributed by atoms with Gasteiger partial charge in [0, 0.05) is 18.4 Å². The molecule has 180 valence electrons. The Kier molecular flexibility index (Phi) is 8.49. The van der Waals surface area contributed by atoms with Crippen LogP contribution in [0.5, 0.6) is 11.5 Å². The van der Waals surface area contributed by atoms with Crippen LogP contribution in [-0.2, 0) is 16.1 Å². The van der Waals surface area contributed by atoms with Crippen LogP contribution in [0.3, 0.4) is 0 Å². The molecule has 4 rings (SSSR count). The third-order valence-electron chi connectivity index (χ3n) is 5.46. The van der Waals surface area contributed by atoms with Crippen LogP contribution in [0.25, 0.3) is 11.3 Å². The van der Waals surface area contributed by atoms with Gasteiger partial charge < -0.3 is 24.1 Å². The third-order valence-corrected chi connectivity index (χ3v) is 6.45. The number of carbonyl (C=O) groups excluding carboxylic acids is 1. The molecule has 34 heavy (non-hydrogen) atoms. The Bertz CT molecular complexity index is 1080. The molecule has 0 bridgehead atoms. The summed E-state index contributed by atoms with van der Waals surface area (Å²) in [7, 11) is 0. The molecule has 0 radical (unpaired) electrons. The fourth-order valence-electron chi connectivity index (χ4n) is 3.94. The van der Waals surface area contributed by atoms with E-state index in [0.717, 1.165) is 42.4 Å². The van der Waals surface area contributed by atoms with Crippen LogP contribution in [0.15, 0.2) is 59.9 Å². The van der Waals surface area contributed by atoms with Gasteiger partial charge in [0.2, 0.25) is 5.91 Å². The fraction of sp³-hybridized carbons (Fsp3) is 0.385. The second-order valence-electron chi connectivity index (χ2n) is 7.90. The molecule has 1 aliphatic heterocycles. The number of rotatable bonds is 11. The highest BCUT2D eigenvalue weighted by Crippen LogP contribution is 2.31. The number of hydrogen-bond acceptors (Lipinski definition) is 6. The van der Waals surface area contributed by atoms with Crippen molar-refractivity contribution in [1.82, 2.24) is 9.55 Å². The molecule has 3 aromatic rings. The van der Waals surface area contributed by atoms with E-state index in [1.165, 1.54) is 11.8 Å². The molecule has 2 aromatic carbocycles. The summed E-state index contributed by atoms with van der Waals surface area (Å²) in [6.07, 6.45) is 4.17. The van der Waals surface area contributed by atoms with Gasteiger partial charge in [-0.1, -0.05) is 42.1 Å². The minimum absolute atomic E-state index is 0.107. The van der Waals surface area contributed by atoms with Crippen molar-refractivity contribution >= 4 is 23.4 Å². The number of hydrogen-bond donors (Lipinski definition) is 1. The molecular formula is C26H31N3O4S. The standard InChI is InChI=1S/C26H31N3O4S/c1-3-31-23-13-12-20(15-24(23)32-4-2)28-25(30)18-34-26-27-16-22(19-9-6-5-7-10-19)29(26)17-21-11-8-14-33-21/h5-7,9-10,12-13,15-16,21H,3-4,8,11,14,17-18H2,1-2H3,(H,28,30). The molecule has 1 aromatic heterocycles. The number of ether oxygens (including phenoxy) is 3. The normalized spacial score (nSPS) is 15.3. The van der Waals surface area contributed by atoms with E-state index in [1.807, 2.05) is 50.4 Å². The average Bonchev–Trinajstić information content (AvgIpc) is 3.51. The molecule has 1 saturated heterocycles. The maximum absolute atomic E-state index is 12.7. The van der Waals surface area contributed by atoms with Gasteiger partial charge in [-0.05, 0) is 44.4 Å². The predicted octanol–water partition coefficient (Wildman–Crippen LogP) is 5.26. The van der Waals surface area contributed by atoms with Crippen LogP contribution in [0, 0.1) is 0 Å². The number of benzene rings is 2. The van der Waals surface area contributed by atoms with Gasteiger partial charge in [0.1, 0.15) is 0 Å². The lowest BCUT2D eigenvalue weighted by Crippen LogP contribution is -2.18. The molecule has 1 amide bonds. The Hall–Kier alpha value is -2.97. The topological polar surface area (TPSA) is 74.6 Å². The van der Waals surface area contributed by atoms with Gasteiger partial charge in [-0.15, -0.1) is 0 Å². The second-order valence-corrected chi connectivity index (χ2v) is 8.84. The van der Waals surface area contributed by atoms with Crippen molar-refractivity contribution in [2.75, 3.05) is 30.9 Å². The summed E-state index contributed by atoms with van der Waals surface area (Å²) in [5.74, 6) is 1.42. The van der Waals surface area contributed by atoms with Crippen LogP contribution in [0.4, 0.5) is 5.69 Å². The van der Waals surface area contributed by atoms with E-state index in [0.29, 0.717) is 30.4 Å². The minimum atomic E-state index is -0.107. The number of imidazole rings is 1. The summed E-state index contributed by atoms with van der Waals surface area (Å²) >= 11 is 1.43. The van der Waals surface area contributed by atoms with Crippen LogP contribution in [-0.4, -0.2) is 47.1 Å². The van der Waals surface area contributed by atoms with Crippen molar-refractivity contribution in [1.29, 1.82) is 0 Å². The van der Waals surface area contributed by atoms with E-state index >= 15 is 0 Å². The molecule has 1 N–H and O–H groups in total. The van der Waals surface area contributed by atoms with Gasteiger partial charge >= 0.3 is 0 Å². The Labute approximate surface area is 204 Å². The summed E-state index contributed by atoms with van der Waals surface area (Å²) in [5, 5.41) is 3.77. The first kappa shape index (κ1) is 24.2. The van der Waals surface area contributed by atoms with Crippen molar-refractivity contribution in [3.63, 3.8) is 0 Å². The highest BCUT2D eigenvalue weighted by molar-refractivity contribution is 7.99. The summed E-state index contributed by atoms with van der Waals surface area (Å²) < 4.78 is 19.3. The zero-order valence-corrected chi connectivity index (χ0v) is 20.5. The van der Waals surface area contributed by atoms with E-state index in [9.17, 15) is 4.79 Å². The van der Waals surface area contributed by atoms with Crippen LogP contribution in [0.1, 0.15) is 26.7 Å². The zero-order chi connectivity index (χ0) is 23.8. The molecule has 8 heteroatoms. The molecule has 1 fully saturated rings. The predicted molar refractivity (Wildman–Crippen MR) is 135 cm³/mol. The number of thioether (sulfide) groups is 1. The minimum Gasteiger partial charge on any atom is -0.490 e. The van der Waals surface area contributed by atoms with Gasteiger partial charge in [0.15, 0.2) is 16.7 Å². The van der Waals surface area contributed by atoms with Crippen molar-refractivity contribution in [3.05, 3.63) is 54.7 Å². The largest absolute Gasteiger partial charge is 0.490 e. The third kappa shape index (κ3) is 6.12. The fourth-order valence-corrected chi connectivity index (χ4v) is 4.73. The molecule has 1 atom stereocenters. The van der Waals surface area contributed by atoms with Crippen LogP contribution < -0.4 is 14.8 Å². The van der Waals surface area contributed by atoms with Crippen LogP contribution in [0.2, 0.25) is 0 Å². The molecule has 2 heterocycles. The maximum Gasteiger partial charge on any atom is 0.234 e. The van der Waals surface area contributed by atoms with Crippen molar-refractivity contribution in [3.8, 4) is 22.8 Å². The second kappa shape index (κ2) is 11.9. The van der Waals surface area contributed by atoms with Gasteiger partial charge in [-0.2, -0.15) is 0 Å². The molecule has 7 nitrogen and oxygen atoms in total. The number of carbonyl (C=O) groups is 1. The van der Waals surface area contributed by atoms with E-state index in [1.54, 1.807) is 6.07 Å². The molecule has 0 spiro atoms. The quantitative estimate of drug-likeness (QED) is 0.377. The number of aromatic nitrogens is 2. The lowest BCUT2D eigenvalue weighted by atomic mass is 10.1. The highest BCUT2D eigenvalue weighted by atomic mass is 32.2. The lowest BCUT2D eigenvalue weighted by Gasteiger charge is -2.16. The van der Waals surface area contributed by atoms with Gasteiger partial charge in [-0.25, -0.2) is 4.98 Å². The number of nitrogens with one attached hydrogen (secondary N) is 1. The number of nitrogens with zero attached hydrogens (tertiary/aromatic N) is 2. The Morgan fingerprint density at radius 3 is 2.68 bits per heavy atom. The molecule has 1 unspecified atom stereocenters. The van der Waals surface area contributed by atoms with Crippen molar-refractivity contribution < 1.29 is 19.0 Å². The van der Waals surface area contributed by atoms with E-state index in [2.05, 4.69) is 27.0 Å². The molecule has 0 aliphatic carbocycles. The monoisotopic (exact) mass is 481 g/mol. The summed E-state index contributed by atoms with van der Waals surface area (Å²) in [5.41, 5.74) is 2.80. The average molecular weight is 482 g/mol. The first-order valence-corrected chi connectivity index (χ1v) is 12.7. The molecular weight excluding hydrogens is 450 g/mol. The Balaban J connectivity index is 1.45. The SMILES string of the molecule is CCOc1ccc(NC(=O)CSc2ncc(-c3ccccc3)n2CC2CCCO2)cc1OCC. The smallest absolute Gasteiger partial charge is 0.234 e. The lowest BCUT2D eigenvalue weighted by molar-refractivity contribution is -0.113. The summed E-state index contributed by atoms with van der Waals surface area (Å²) in [6.45, 7) is 6.44. The number of amides is 1. The number of anilines is 1. The van der Waals surface area contributed by atoms with Crippen molar-refractivity contribution in [2.45, 2.75) is 44.5 Å². The van der Waals surface area contributed by atoms with Crippen molar-refractivity contribution in [2.24, 2.45) is 0 Å². The summed E-state index contributed by atoms with van der Waals surface area (Å²) in [4.78, 5) is 17.4. The molecule has 0 saturated carbocycles. The van der Waals surface area contributed by atoms with Crippen LogP contribution >= 0.6 is 11.8 Å². The van der Waals surface area contributed by atoms with E-state index < -0.39 is 0 Å². The molecule has 1 aliphatic rings. The maximum atomic E-state index is 12.7. The first-order chi connectivity index (χ1) is 16.7. The Morgan fingerprint density at radius 1 is 1.15 bits per heavy atom. The first-order valence-electron chi connectivity index (χ1n) is 11.7. The van der Waals surface area contributed by atoms with E-state index in [-0.39, 0.29) is 17.8 Å². The van der Waals surface area contributed by atoms with Gasteiger partial charge in [0.25, 0.3) is 0 Å². The summed E-state index contributed by atoms with van der Waals surface area (Å²) in [6, 6.07) is 15.6. The van der Waals surface area contributed by atoms with Gasteiger partial charge in [-0.3, -0.25) is 4.79 Å². The van der Waals surface area contributed by atoms with E-state index in [4.69, 9.17) is 14.2 Å². The Morgan fingerprint density at radius 2 is 1.94 bits per heavy atom.